The molecule has 0 aliphatic carbocycles. The Balaban J connectivity index is 2.43. The fraction of sp³-hybridized carbons (Fsp3) is 0.375. The van der Waals surface area contributed by atoms with Crippen LogP contribution in [0.4, 0.5) is 0 Å². The van der Waals surface area contributed by atoms with Crippen LogP contribution in [0, 0.1) is 11.8 Å². The van der Waals surface area contributed by atoms with Crippen molar-refractivity contribution in [3.8, 4) is 17.6 Å². The predicted octanol–water partition coefficient (Wildman–Crippen LogP) is 3.03. The van der Waals surface area contributed by atoms with Crippen molar-refractivity contribution in [1.29, 1.82) is 0 Å². The van der Waals surface area contributed by atoms with Gasteiger partial charge in [0.15, 0.2) is 9.84 Å². The van der Waals surface area contributed by atoms with Crippen molar-refractivity contribution in [2.45, 2.75) is 51.1 Å². The van der Waals surface area contributed by atoms with Crippen molar-refractivity contribution in [2.75, 3.05) is 12.4 Å². The first kappa shape index (κ1) is 25.4. The largest absolute Gasteiger partial charge is 0.481 e. The first-order chi connectivity index (χ1) is 15.3. The summed E-state index contributed by atoms with van der Waals surface area (Å²) in [5.41, 5.74) is 9.34. The Bertz CT molecular complexity index is 1090. The number of hydroxylamine groups is 2. The maximum absolute atomic E-state index is 13.1. The van der Waals surface area contributed by atoms with Crippen LogP contribution in [-0.2, 0) is 34.0 Å². The highest BCUT2D eigenvalue weighted by Gasteiger charge is 2.29. The lowest BCUT2D eigenvalue weighted by molar-refractivity contribution is -0.159. The lowest BCUT2D eigenvalue weighted by Crippen LogP contribution is -2.31. The molecule has 2 rings (SSSR count). The van der Waals surface area contributed by atoms with Gasteiger partial charge in [0.2, 0.25) is 6.41 Å². The van der Waals surface area contributed by atoms with E-state index in [0.717, 1.165) is 16.7 Å². The van der Waals surface area contributed by atoms with Gasteiger partial charge < -0.3 is 10.5 Å². The molecule has 0 saturated carbocycles. The number of nitrogens with two attached hydrogens (primary N) is 1. The summed E-state index contributed by atoms with van der Waals surface area (Å²) in [7, 11) is -3.83. The number of carbonyl (C=O) groups is 1. The minimum absolute atomic E-state index is 0.0723. The average molecular weight is 459 g/mol. The summed E-state index contributed by atoms with van der Waals surface area (Å²) >= 11 is 0. The summed E-state index contributed by atoms with van der Waals surface area (Å²) in [6.45, 7) is 6.22. The van der Waals surface area contributed by atoms with E-state index in [2.05, 4.69) is 11.8 Å². The topological polar surface area (TPSA) is 110 Å². The summed E-state index contributed by atoms with van der Waals surface area (Å²) in [5.74, 6) is 5.51. The molecule has 0 radical (unpaired) electrons. The molecular weight excluding hydrogens is 428 g/mol. The maximum Gasteiger partial charge on any atom is 0.233 e. The van der Waals surface area contributed by atoms with E-state index in [4.69, 9.17) is 10.5 Å². The Morgan fingerprint density at radius 1 is 1.12 bits per heavy atom. The van der Waals surface area contributed by atoms with E-state index in [-0.39, 0.29) is 17.9 Å². The van der Waals surface area contributed by atoms with E-state index in [0.29, 0.717) is 35.8 Å². The zero-order valence-corrected chi connectivity index (χ0v) is 19.5. The summed E-state index contributed by atoms with van der Waals surface area (Å²) in [6, 6.07) is 8.52. The van der Waals surface area contributed by atoms with Crippen LogP contribution in [0.3, 0.4) is 0 Å². The SMILES string of the molecule is CC#CCOc1ccc(S(=O)(=O)CC(c2ccc(CN)c(CC)c2CC)N(O)C=O)cc1. The first-order valence-corrected chi connectivity index (χ1v) is 12.1. The summed E-state index contributed by atoms with van der Waals surface area (Å²) in [4.78, 5) is 11.5. The Morgan fingerprint density at radius 2 is 1.78 bits per heavy atom. The third-order valence-corrected chi connectivity index (χ3v) is 7.07. The fourth-order valence-electron chi connectivity index (χ4n) is 3.74. The van der Waals surface area contributed by atoms with Gasteiger partial charge in [0.05, 0.1) is 16.7 Å². The Morgan fingerprint density at radius 3 is 2.31 bits per heavy atom. The molecule has 7 nitrogen and oxygen atoms in total. The number of amides is 1. The van der Waals surface area contributed by atoms with Gasteiger partial charge in [0.1, 0.15) is 12.4 Å². The molecule has 0 bridgehead atoms. The molecule has 0 fully saturated rings. The van der Waals surface area contributed by atoms with Crippen molar-refractivity contribution >= 4 is 16.2 Å². The third-order valence-electron chi connectivity index (χ3n) is 5.33. The number of carbonyl (C=O) groups excluding carboxylic acids is 1. The molecule has 2 aromatic rings. The molecule has 0 spiro atoms. The third kappa shape index (κ3) is 5.88. The molecule has 0 aliphatic heterocycles. The summed E-state index contributed by atoms with van der Waals surface area (Å²) in [5, 5.41) is 10.7. The van der Waals surface area contributed by atoms with Gasteiger partial charge in [-0.3, -0.25) is 10.0 Å². The second-order valence-electron chi connectivity index (χ2n) is 7.15. The van der Waals surface area contributed by atoms with Crippen LogP contribution in [0.1, 0.15) is 49.1 Å². The second kappa shape index (κ2) is 11.7. The van der Waals surface area contributed by atoms with E-state index >= 15 is 0 Å². The predicted molar refractivity (Wildman–Crippen MR) is 123 cm³/mol. The van der Waals surface area contributed by atoms with Gasteiger partial charge in [-0.25, -0.2) is 13.5 Å². The van der Waals surface area contributed by atoms with Gasteiger partial charge in [-0.2, -0.15) is 0 Å². The van der Waals surface area contributed by atoms with Crippen molar-refractivity contribution in [3.63, 3.8) is 0 Å². The van der Waals surface area contributed by atoms with E-state index in [1.807, 2.05) is 19.9 Å². The number of rotatable bonds is 11. The Hall–Kier alpha value is -2.86. The molecule has 32 heavy (non-hydrogen) atoms. The van der Waals surface area contributed by atoms with Gasteiger partial charge in [0.25, 0.3) is 0 Å². The molecule has 0 saturated heterocycles. The van der Waals surface area contributed by atoms with E-state index in [1.165, 1.54) is 12.1 Å². The lowest BCUT2D eigenvalue weighted by Gasteiger charge is -2.27. The normalized spacial score (nSPS) is 11.9. The smallest absolute Gasteiger partial charge is 0.233 e. The average Bonchev–Trinajstić information content (AvgIpc) is 2.81. The van der Waals surface area contributed by atoms with Crippen LogP contribution in [-0.4, -0.2) is 37.5 Å². The number of nitrogens with zero attached hydrogens (tertiary/aromatic N) is 1. The van der Waals surface area contributed by atoms with Crippen molar-refractivity contribution in [3.05, 3.63) is 58.7 Å². The molecule has 0 aliphatic rings. The van der Waals surface area contributed by atoms with Crippen molar-refractivity contribution < 1.29 is 23.2 Å². The van der Waals surface area contributed by atoms with Crippen molar-refractivity contribution in [1.82, 2.24) is 5.06 Å². The minimum atomic E-state index is -3.83. The first-order valence-electron chi connectivity index (χ1n) is 10.4. The monoisotopic (exact) mass is 458 g/mol. The molecule has 1 atom stereocenters. The number of ether oxygens (including phenoxy) is 1. The molecule has 172 valence electrons. The highest BCUT2D eigenvalue weighted by molar-refractivity contribution is 7.91. The number of sulfone groups is 1. The Labute approximate surface area is 190 Å². The zero-order chi connectivity index (χ0) is 23.7. The van der Waals surface area contributed by atoms with Gasteiger partial charge >= 0.3 is 0 Å². The number of benzene rings is 2. The number of hydrogen-bond donors (Lipinski definition) is 2. The highest BCUT2D eigenvalue weighted by Crippen LogP contribution is 2.31. The molecular formula is C24H30N2O5S. The summed E-state index contributed by atoms with van der Waals surface area (Å²) < 4.78 is 31.7. The highest BCUT2D eigenvalue weighted by atomic mass is 32.2. The fourth-order valence-corrected chi connectivity index (χ4v) is 5.23. The standard InChI is InChI=1S/C24H30N2O5S/c1-4-7-14-31-19-9-11-20(12-10-19)32(29,30)16-24(26(28)17-27)23-13-8-18(15-25)21(5-2)22(23)6-3/h8-13,17,24,28H,5-6,14-16,25H2,1-3H3. The van der Waals surface area contributed by atoms with Gasteiger partial charge in [-0.05, 0) is 66.3 Å². The van der Waals surface area contributed by atoms with Crippen LogP contribution in [0.25, 0.3) is 0 Å². The molecule has 1 amide bonds. The summed E-state index contributed by atoms with van der Waals surface area (Å²) in [6.07, 6.45) is 1.55. The van der Waals surface area contributed by atoms with Crippen LogP contribution in [0.2, 0.25) is 0 Å². The van der Waals surface area contributed by atoms with E-state index in [9.17, 15) is 18.4 Å². The van der Waals surface area contributed by atoms with Crippen LogP contribution < -0.4 is 10.5 Å². The quantitative estimate of drug-likeness (QED) is 0.232. The minimum Gasteiger partial charge on any atom is -0.481 e. The van der Waals surface area contributed by atoms with Gasteiger partial charge in [-0.1, -0.05) is 31.9 Å². The molecule has 8 heteroatoms. The van der Waals surface area contributed by atoms with Crippen LogP contribution >= 0.6 is 0 Å². The Kier molecular flexibility index (Phi) is 9.27. The van der Waals surface area contributed by atoms with E-state index in [1.54, 1.807) is 25.1 Å². The van der Waals surface area contributed by atoms with Gasteiger partial charge in [0, 0.05) is 6.54 Å². The van der Waals surface area contributed by atoms with E-state index < -0.39 is 21.6 Å². The van der Waals surface area contributed by atoms with Gasteiger partial charge in [-0.15, -0.1) is 5.92 Å². The maximum atomic E-state index is 13.1. The van der Waals surface area contributed by atoms with Crippen LogP contribution in [0.15, 0.2) is 41.3 Å². The van der Waals surface area contributed by atoms with Crippen LogP contribution in [0.5, 0.6) is 5.75 Å². The molecule has 1 unspecified atom stereocenters. The molecule has 0 heterocycles. The van der Waals surface area contributed by atoms with Crippen molar-refractivity contribution in [2.24, 2.45) is 5.73 Å². The zero-order valence-electron chi connectivity index (χ0n) is 18.7. The molecule has 3 N–H and O–H groups in total. The second-order valence-corrected chi connectivity index (χ2v) is 9.19. The number of hydrogen-bond acceptors (Lipinski definition) is 6. The molecule has 2 aromatic carbocycles. The molecule has 0 aromatic heterocycles. The lowest BCUT2D eigenvalue weighted by atomic mass is 9.89.